The van der Waals surface area contributed by atoms with Gasteiger partial charge >= 0.3 is 0 Å². The van der Waals surface area contributed by atoms with Crippen LogP contribution in [0.15, 0.2) is 35.1 Å². The number of hydrogen-bond donors (Lipinski definition) is 0. The molecule has 4 nitrogen and oxygen atoms in total. The first-order valence-corrected chi connectivity index (χ1v) is 11.7. The van der Waals surface area contributed by atoms with Gasteiger partial charge in [-0.05, 0) is 25.1 Å². The van der Waals surface area contributed by atoms with Crippen LogP contribution in [0.4, 0.5) is 0 Å². The van der Waals surface area contributed by atoms with Gasteiger partial charge in [-0.25, -0.2) is 4.74 Å². The summed E-state index contributed by atoms with van der Waals surface area (Å²) in [5.41, 5.74) is 0. The van der Waals surface area contributed by atoms with Gasteiger partial charge in [0.25, 0.3) is 0 Å². The molecule has 1 aromatic carbocycles. The molecule has 0 radical (unpaired) electrons. The Morgan fingerprint density at radius 1 is 0.960 bits per heavy atom. The van der Waals surface area contributed by atoms with Crippen molar-refractivity contribution in [3.05, 3.63) is 30.3 Å². The van der Waals surface area contributed by atoms with E-state index in [-0.39, 0.29) is 0 Å². The number of thiocarbonyl (C=S) groups is 1. The van der Waals surface area contributed by atoms with Crippen LogP contribution < -0.4 is 5.30 Å². The maximum absolute atomic E-state index is 5.83. The van der Waals surface area contributed by atoms with Crippen LogP contribution in [-0.2, 0) is 0 Å². The summed E-state index contributed by atoms with van der Waals surface area (Å²) in [4.78, 5) is 2.29. The maximum atomic E-state index is 5.83. The molecule has 1 aliphatic rings. The van der Waals surface area contributed by atoms with E-state index >= 15 is 0 Å². The highest BCUT2D eigenvalue weighted by Gasteiger charge is 2.34. The zero-order valence-electron chi connectivity index (χ0n) is 16.2. The van der Waals surface area contributed by atoms with Crippen molar-refractivity contribution in [3.8, 4) is 0 Å². The number of benzene rings is 1. The Morgan fingerprint density at radius 3 is 1.88 bits per heavy atom. The number of likely N-dealkylation sites (tertiary alicyclic amines) is 1. The Kier molecular flexibility index (Phi) is 8.08. The number of nitrogens with zero attached hydrogens (tertiary/aromatic N) is 4. The van der Waals surface area contributed by atoms with Crippen molar-refractivity contribution in [3.63, 3.8) is 0 Å². The summed E-state index contributed by atoms with van der Waals surface area (Å²) in [6.45, 7) is 14.9. The Labute approximate surface area is 159 Å². The summed E-state index contributed by atoms with van der Waals surface area (Å²) in [5, 5.41) is 2.11. The number of hydrogen-bond acceptors (Lipinski definition) is 1. The highest BCUT2D eigenvalue weighted by Crippen LogP contribution is 2.55. The molecule has 0 aliphatic carbocycles. The molecule has 6 heteroatoms. The van der Waals surface area contributed by atoms with Crippen molar-refractivity contribution >= 4 is 30.0 Å². The van der Waals surface area contributed by atoms with Gasteiger partial charge in [0.1, 0.15) is 7.36 Å². The van der Waals surface area contributed by atoms with Crippen molar-refractivity contribution in [2.75, 3.05) is 39.3 Å². The lowest BCUT2D eigenvalue weighted by Gasteiger charge is -2.43. The van der Waals surface area contributed by atoms with E-state index in [9.17, 15) is 0 Å². The van der Waals surface area contributed by atoms with Crippen LogP contribution in [0.2, 0.25) is 0 Å². The molecule has 0 saturated carbocycles. The first-order chi connectivity index (χ1) is 12.1. The van der Waals surface area contributed by atoms with Crippen LogP contribution in [0.3, 0.4) is 0 Å². The molecule has 0 atom stereocenters. The molecule has 0 unspecified atom stereocenters. The molecule has 1 heterocycles. The predicted octanol–water partition coefficient (Wildman–Crippen LogP) is 4.41. The second kappa shape index (κ2) is 9.82. The lowest BCUT2D eigenvalue weighted by atomic mass is 10.4. The second-order valence-electron chi connectivity index (χ2n) is 6.26. The predicted molar refractivity (Wildman–Crippen MR) is 115 cm³/mol. The third kappa shape index (κ3) is 4.33. The van der Waals surface area contributed by atoms with Gasteiger partial charge in [-0.15, -0.1) is 0 Å². The smallest absolute Gasteiger partial charge is 0.196 e. The van der Waals surface area contributed by atoms with E-state index in [4.69, 9.17) is 17.0 Å². The van der Waals surface area contributed by atoms with E-state index in [2.05, 4.69) is 72.3 Å². The zero-order valence-corrected chi connectivity index (χ0v) is 17.9. The van der Waals surface area contributed by atoms with Crippen molar-refractivity contribution in [2.24, 2.45) is 4.74 Å². The molecule has 1 aliphatic heterocycles. The highest BCUT2D eigenvalue weighted by molar-refractivity contribution is 7.81. The second-order valence-corrected chi connectivity index (χ2v) is 9.61. The van der Waals surface area contributed by atoms with Crippen LogP contribution in [0, 0.1) is 0 Å². The fourth-order valence-corrected chi connectivity index (χ4v) is 8.06. The molecule has 25 heavy (non-hydrogen) atoms. The summed E-state index contributed by atoms with van der Waals surface area (Å²) in [5.74, 6) is 0. The van der Waals surface area contributed by atoms with E-state index in [1.165, 1.54) is 18.1 Å². The first-order valence-electron chi connectivity index (χ1n) is 9.61. The Bertz CT molecular complexity index is 575. The van der Waals surface area contributed by atoms with Crippen LogP contribution in [0.5, 0.6) is 0 Å². The SMILES string of the molecule is CCN(CC)P(=NC(=S)N1CCCC1)(c1ccccc1)N(CC)CC. The standard InChI is InChI=1S/C19H33N4PS/c1-5-22(6-2)24(23(7-3)8-4,18-14-10-9-11-15-18)20-19(25)21-16-12-13-17-21/h9-11,14-15H,5-8,12-13,16-17H2,1-4H3. The average molecular weight is 381 g/mol. The molecular weight excluding hydrogens is 347 g/mol. The van der Waals surface area contributed by atoms with Gasteiger partial charge < -0.3 is 4.90 Å². The minimum Gasteiger partial charge on any atom is -0.347 e. The first kappa shape index (κ1) is 20.6. The van der Waals surface area contributed by atoms with E-state index in [1.807, 2.05) is 0 Å². The third-order valence-electron chi connectivity index (χ3n) is 4.95. The van der Waals surface area contributed by atoms with Gasteiger partial charge in [0.05, 0.1) is 0 Å². The van der Waals surface area contributed by atoms with Crippen LogP contribution in [0.1, 0.15) is 40.5 Å². The minimum atomic E-state index is -2.07. The van der Waals surface area contributed by atoms with Crippen LogP contribution in [0.25, 0.3) is 0 Å². The molecule has 0 bridgehead atoms. The Hall–Kier alpha value is -0.740. The van der Waals surface area contributed by atoms with Crippen LogP contribution in [-0.4, -0.2) is 58.6 Å². The minimum absolute atomic E-state index is 0.800. The van der Waals surface area contributed by atoms with Gasteiger partial charge in [-0.1, -0.05) is 58.0 Å². The summed E-state index contributed by atoms with van der Waals surface area (Å²) in [6.07, 6.45) is 2.45. The van der Waals surface area contributed by atoms with Crippen molar-refractivity contribution < 1.29 is 0 Å². The maximum Gasteiger partial charge on any atom is 0.196 e. The molecule has 0 aromatic heterocycles. The van der Waals surface area contributed by atoms with Gasteiger partial charge in [-0.2, -0.15) is 0 Å². The van der Waals surface area contributed by atoms with Crippen molar-refractivity contribution in [1.82, 2.24) is 14.2 Å². The monoisotopic (exact) mass is 380 g/mol. The largest absolute Gasteiger partial charge is 0.347 e. The molecule has 1 saturated heterocycles. The summed E-state index contributed by atoms with van der Waals surface area (Å²) < 4.78 is 10.4. The highest BCUT2D eigenvalue weighted by atomic mass is 32.1. The van der Waals surface area contributed by atoms with E-state index in [0.717, 1.165) is 44.4 Å². The van der Waals surface area contributed by atoms with Crippen molar-refractivity contribution in [2.45, 2.75) is 40.5 Å². The molecule has 140 valence electrons. The van der Waals surface area contributed by atoms with Gasteiger partial charge in [0.2, 0.25) is 0 Å². The summed E-state index contributed by atoms with van der Waals surface area (Å²) in [7, 11) is -2.07. The van der Waals surface area contributed by atoms with Gasteiger partial charge in [0.15, 0.2) is 5.11 Å². The number of rotatable bonds is 7. The molecule has 0 N–H and O–H groups in total. The Morgan fingerprint density at radius 2 is 1.44 bits per heavy atom. The van der Waals surface area contributed by atoms with E-state index < -0.39 is 7.36 Å². The molecule has 0 spiro atoms. The van der Waals surface area contributed by atoms with E-state index in [0.29, 0.717) is 0 Å². The van der Waals surface area contributed by atoms with E-state index in [1.54, 1.807) is 0 Å². The zero-order chi connectivity index (χ0) is 18.3. The Balaban J connectivity index is 2.67. The lowest BCUT2D eigenvalue weighted by molar-refractivity contribution is 0.420. The fraction of sp³-hybridized carbons (Fsp3) is 0.632. The summed E-state index contributed by atoms with van der Waals surface area (Å²) in [6, 6.07) is 10.8. The molecule has 1 aromatic rings. The molecule has 1 fully saturated rings. The normalized spacial score (nSPS) is 15.2. The average Bonchev–Trinajstić information content (AvgIpc) is 3.19. The van der Waals surface area contributed by atoms with Gasteiger partial charge in [-0.3, -0.25) is 9.34 Å². The van der Waals surface area contributed by atoms with Crippen molar-refractivity contribution in [1.29, 1.82) is 0 Å². The topological polar surface area (TPSA) is 22.1 Å². The quantitative estimate of drug-likeness (QED) is 0.516. The molecule has 2 rings (SSSR count). The third-order valence-corrected chi connectivity index (χ3v) is 9.61. The fourth-order valence-electron chi connectivity index (χ4n) is 3.64. The van der Waals surface area contributed by atoms with Gasteiger partial charge in [0, 0.05) is 44.6 Å². The molecule has 0 amide bonds. The van der Waals surface area contributed by atoms with Crippen LogP contribution >= 0.6 is 19.6 Å². The lowest BCUT2D eigenvalue weighted by Crippen LogP contribution is -2.38. The summed E-state index contributed by atoms with van der Waals surface area (Å²) >= 11 is 5.83. The molecular formula is C19H33N4PS.